The summed E-state index contributed by atoms with van der Waals surface area (Å²) < 4.78 is 0. The predicted octanol–water partition coefficient (Wildman–Crippen LogP) is 1.35. The maximum atomic E-state index is 11.4. The third-order valence-electron chi connectivity index (χ3n) is 1.59. The molecule has 0 radical (unpaired) electrons. The highest BCUT2D eigenvalue weighted by Crippen LogP contribution is 2.19. The van der Waals surface area contributed by atoms with Crippen LogP contribution in [0.2, 0.25) is 5.02 Å². The molecule has 1 aromatic rings. The van der Waals surface area contributed by atoms with E-state index >= 15 is 0 Å². The Balaban J connectivity index is 2.83. The number of hydrogen-bond donors (Lipinski definition) is 3. The fraction of sp³-hybridized carbons (Fsp3) is 0.222. The van der Waals surface area contributed by atoms with E-state index in [1.807, 2.05) is 0 Å². The van der Waals surface area contributed by atoms with Crippen LogP contribution in [0.4, 0.5) is 0 Å². The molecule has 0 saturated heterocycles. The minimum Gasteiger partial charge on any atom is -0.395 e. The van der Waals surface area contributed by atoms with E-state index in [0.29, 0.717) is 15.5 Å². The van der Waals surface area contributed by atoms with Crippen molar-refractivity contribution in [1.29, 1.82) is 0 Å². The van der Waals surface area contributed by atoms with Crippen molar-refractivity contribution in [3.8, 4) is 0 Å². The Morgan fingerprint density at radius 3 is 2.93 bits per heavy atom. The average Bonchev–Trinajstić information content (AvgIpc) is 2.18. The van der Waals surface area contributed by atoms with E-state index in [-0.39, 0.29) is 19.1 Å². The molecule has 0 spiro atoms. The lowest BCUT2D eigenvalue weighted by atomic mass is 10.2. The van der Waals surface area contributed by atoms with Gasteiger partial charge in [0.05, 0.1) is 17.2 Å². The molecule has 5 heteroatoms. The van der Waals surface area contributed by atoms with Crippen LogP contribution >= 0.6 is 24.2 Å². The number of amides is 1. The summed E-state index contributed by atoms with van der Waals surface area (Å²) in [6.07, 6.45) is 0. The topological polar surface area (TPSA) is 49.3 Å². The highest BCUT2D eigenvalue weighted by Gasteiger charge is 2.09. The molecule has 0 aliphatic heterocycles. The van der Waals surface area contributed by atoms with E-state index in [1.165, 1.54) is 0 Å². The smallest absolute Gasteiger partial charge is 0.252 e. The minimum absolute atomic E-state index is 0.0933. The molecule has 2 N–H and O–H groups in total. The summed E-state index contributed by atoms with van der Waals surface area (Å²) in [4.78, 5) is 12.1. The summed E-state index contributed by atoms with van der Waals surface area (Å²) >= 11 is 9.91. The fourth-order valence-electron chi connectivity index (χ4n) is 0.952. The Bertz CT molecular complexity index is 344. The van der Waals surface area contributed by atoms with Gasteiger partial charge >= 0.3 is 0 Å². The Morgan fingerprint density at radius 2 is 2.29 bits per heavy atom. The van der Waals surface area contributed by atoms with E-state index in [4.69, 9.17) is 16.7 Å². The molecule has 1 amide bonds. The van der Waals surface area contributed by atoms with Crippen molar-refractivity contribution in [2.45, 2.75) is 4.90 Å². The molecule has 0 fully saturated rings. The molecule has 76 valence electrons. The van der Waals surface area contributed by atoms with Crippen LogP contribution in [0.3, 0.4) is 0 Å². The van der Waals surface area contributed by atoms with E-state index in [0.717, 1.165) is 0 Å². The van der Waals surface area contributed by atoms with Crippen molar-refractivity contribution in [1.82, 2.24) is 5.32 Å². The molecule has 14 heavy (non-hydrogen) atoms. The van der Waals surface area contributed by atoms with Gasteiger partial charge in [-0.2, -0.15) is 0 Å². The SMILES string of the molecule is O=C(NCCO)c1cc(S)ccc1Cl. The van der Waals surface area contributed by atoms with E-state index in [9.17, 15) is 4.79 Å². The number of halogens is 1. The third kappa shape index (κ3) is 2.90. The lowest BCUT2D eigenvalue weighted by Gasteiger charge is -2.05. The quantitative estimate of drug-likeness (QED) is 0.688. The number of aliphatic hydroxyl groups excluding tert-OH is 1. The lowest BCUT2D eigenvalue weighted by Crippen LogP contribution is -2.26. The molecular formula is C9H10ClNO2S. The molecule has 3 nitrogen and oxygen atoms in total. The van der Waals surface area contributed by atoms with Gasteiger partial charge in [0.1, 0.15) is 0 Å². The van der Waals surface area contributed by atoms with Crippen LogP contribution in [-0.2, 0) is 0 Å². The van der Waals surface area contributed by atoms with Crippen LogP contribution in [0.15, 0.2) is 23.1 Å². The number of benzene rings is 1. The largest absolute Gasteiger partial charge is 0.395 e. The van der Waals surface area contributed by atoms with Gasteiger partial charge in [-0.05, 0) is 18.2 Å². The van der Waals surface area contributed by atoms with Gasteiger partial charge in [0.15, 0.2) is 0 Å². The number of carbonyl (C=O) groups excluding carboxylic acids is 1. The first-order chi connectivity index (χ1) is 6.65. The summed E-state index contributed by atoms with van der Waals surface area (Å²) in [5.41, 5.74) is 0.368. The normalized spacial score (nSPS) is 9.93. The van der Waals surface area contributed by atoms with Crippen molar-refractivity contribution in [3.63, 3.8) is 0 Å². The number of hydrogen-bond acceptors (Lipinski definition) is 3. The summed E-state index contributed by atoms with van der Waals surface area (Å²) in [6, 6.07) is 4.89. The van der Waals surface area contributed by atoms with Gasteiger partial charge in [-0.1, -0.05) is 11.6 Å². The molecular weight excluding hydrogens is 222 g/mol. The second-order valence-electron chi connectivity index (χ2n) is 2.64. The fourth-order valence-corrected chi connectivity index (χ4v) is 1.36. The Labute approximate surface area is 92.5 Å². The van der Waals surface area contributed by atoms with Crippen LogP contribution in [0, 0.1) is 0 Å². The monoisotopic (exact) mass is 231 g/mol. The first kappa shape index (κ1) is 11.4. The minimum atomic E-state index is -0.306. The van der Waals surface area contributed by atoms with Crippen LogP contribution in [0.1, 0.15) is 10.4 Å². The van der Waals surface area contributed by atoms with Crippen molar-refractivity contribution in [2.75, 3.05) is 13.2 Å². The molecule has 1 aromatic carbocycles. The van der Waals surface area contributed by atoms with Gasteiger partial charge < -0.3 is 10.4 Å². The van der Waals surface area contributed by atoms with Crippen LogP contribution < -0.4 is 5.32 Å². The van der Waals surface area contributed by atoms with Crippen LogP contribution in [0.5, 0.6) is 0 Å². The molecule has 0 bridgehead atoms. The number of thiol groups is 1. The molecule has 0 saturated carbocycles. The van der Waals surface area contributed by atoms with Gasteiger partial charge in [0.2, 0.25) is 0 Å². The Hall–Kier alpha value is -0.710. The highest BCUT2D eigenvalue weighted by atomic mass is 35.5. The molecule has 0 heterocycles. The van der Waals surface area contributed by atoms with Gasteiger partial charge in [0, 0.05) is 11.4 Å². The standard InChI is InChI=1S/C9H10ClNO2S/c10-8-2-1-6(14)5-7(8)9(13)11-3-4-12/h1-2,5,12,14H,3-4H2,(H,11,13). The first-order valence-electron chi connectivity index (χ1n) is 4.02. The molecule has 0 unspecified atom stereocenters. The molecule has 1 rings (SSSR count). The van der Waals surface area contributed by atoms with E-state index in [2.05, 4.69) is 17.9 Å². The molecule has 0 aliphatic rings. The maximum Gasteiger partial charge on any atom is 0.252 e. The number of nitrogens with one attached hydrogen (secondary N) is 1. The Morgan fingerprint density at radius 1 is 1.57 bits per heavy atom. The van der Waals surface area contributed by atoms with Gasteiger partial charge in [-0.25, -0.2) is 0 Å². The highest BCUT2D eigenvalue weighted by molar-refractivity contribution is 7.80. The van der Waals surface area contributed by atoms with Crippen molar-refractivity contribution < 1.29 is 9.90 Å². The molecule has 0 atom stereocenters. The van der Waals surface area contributed by atoms with Crippen molar-refractivity contribution in [3.05, 3.63) is 28.8 Å². The maximum absolute atomic E-state index is 11.4. The Kier molecular flexibility index (Phi) is 4.25. The molecule has 0 aliphatic carbocycles. The zero-order valence-electron chi connectivity index (χ0n) is 7.33. The van der Waals surface area contributed by atoms with E-state index < -0.39 is 0 Å². The second-order valence-corrected chi connectivity index (χ2v) is 3.57. The molecule has 0 aromatic heterocycles. The summed E-state index contributed by atoms with van der Waals surface area (Å²) in [7, 11) is 0. The summed E-state index contributed by atoms with van der Waals surface area (Å²) in [6.45, 7) is 0.121. The second kappa shape index (κ2) is 5.24. The van der Waals surface area contributed by atoms with Gasteiger partial charge in [-0.15, -0.1) is 12.6 Å². The summed E-state index contributed by atoms with van der Waals surface area (Å²) in [5, 5.41) is 11.4. The average molecular weight is 232 g/mol. The zero-order valence-corrected chi connectivity index (χ0v) is 8.98. The van der Waals surface area contributed by atoms with Crippen LogP contribution in [0.25, 0.3) is 0 Å². The summed E-state index contributed by atoms with van der Waals surface area (Å²) in [5.74, 6) is -0.306. The number of carbonyl (C=O) groups is 1. The number of rotatable bonds is 3. The van der Waals surface area contributed by atoms with Gasteiger partial charge in [-0.3, -0.25) is 4.79 Å². The van der Waals surface area contributed by atoms with Crippen molar-refractivity contribution in [2.24, 2.45) is 0 Å². The zero-order chi connectivity index (χ0) is 10.6. The predicted molar refractivity (Wildman–Crippen MR) is 58.1 cm³/mol. The van der Waals surface area contributed by atoms with Crippen molar-refractivity contribution >= 4 is 30.1 Å². The third-order valence-corrected chi connectivity index (χ3v) is 2.20. The van der Waals surface area contributed by atoms with E-state index in [1.54, 1.807) is 18.2 Å². The van der Waals surface area contributed by atoms with Crippen LogP contribution in [-0.4, -0.2) is 24.2 Å². The number of aliphatic hydroxyl groups is 1. The first-order valence-corrected chi connectivity index (χ1v) is 4.85. The lowest BCUT2D eigenvalue weighted by molar-refractivity contribution is 0.0944. The van der Waals surface area contributed by atoms with Gasteiger partial charge in [0.25, 0.3) is 5.91 Å².